The Morgan fingerprint density at radius 3 is 2.44 bits per heavy atom. The summed E-state index contributed by atoms with van der Waals surface area (Å²) < 4.78 is 2.29. The van der Waals surface area contributed by atoms with Crippen LogP contribution < -0.4 is 4.90 Å². The molecule has 0 spiro atoms. The van der Waals surface area contributed by atoms with E-state index < -0.39 is 0 Å². The third-order valence-corrected chi connectivity index (χ3v) is 5.47. The molecule has 3 nitrogen and oxygen atoms in total. The minimum absolute atomic E-state index is 0.0614. The molecule has 0 bridgehead atoms. The number of hydrogen-bond acceptors (Lipinski definition) is 2. The number of benzene rings is 2. The van der Waals surface area contributed by atoms with Crippen LogP contribution >= 0.6 is 0 Å². The van der Waals surface area contributed by atoms with Crippen LogP contribution in [0.4, 0.5) is 5.69 Å². The van der Waals surface area contributed by atoms with Crippen molar-refractivity contribution in [2.45, 2.75) is 6.04 Å². The lowest BCUT2D eigenvalue weighted by Gasteiger charge is -2.43. The summed E-state index contributed by atoms with van der Waals surface area (Å²) >= 11 is 0. The van der Waals surface area contributed by atoms with Crippen molar-refractivity contribution in [3.05, 3.63) is 114 Å². The number of fused-ring (bicyclic) bond motifs is 8. The molecule has 0 radical (unpaired) electrons. The quantitative estimate of drug-likeness (QED) is 0.466. The molecule has 2 aliphatic rings. The van der Waals surface area contributed by atoms with E-state index in [9.17, 15) is 0 Å². The Morgan fingerprint density at radius 1 is 0.741 bits per heavy atom. The van der Waals surface area contributed by atoms with Crippen molar-refractivity contribution in [3.63, 3.8) is 0 Å². The predicted octanol–water partition coefficient (Wildman–Crippen LogP) is 5.29. The largest absolute Gasteiger partial charge is 0.324 e. The number of anilines is 1. The van der Waals surface area contributed by atoms with Gasteiger partial charge in [-0.2, -0.15) is 0 Å². The van der Waals surface area contributed by atoms with Crippen LogP contribution in [0.1, 0.15) is 28.6 Å². The van der Waals surface area contributed by atoms with E-state index in [4.69, 9.17) is 4.98 Å². The summed E-state index contributed by atoms with van der Waals surface area (Å²) in [4.78, 5) is 7.22. The van der Waals surface area contributed by atoms with Gasteiger partial charge in [0.05, 0.1) is 28.5 Å². The van der Waals surface area contributed by atoms with Crippen LogP contribution in [-0.4, -0.2) is 9.55 Å². The summed E-state index contributed by atoms with van der Waals surface area (Å²) in [6, 6.07) is 27.8. The highest BCUT2D eigenvalue weighted by Crippen LogP contribution is 2.49. The Hall–Kier alpha value is -3.59. The molecule has 4 aromatic rings. The Labute approximate surface area is 157 Å². The highest BCUT2D eigenvalue weighted by atomic mass is 15.3. The normalized spacial score (nSPS) is 16.7. The van der Waals surface area contributed by atoms with E-state index in [2.05, 4.69) is 94.5 Å². The van der Waals surface area contributed by atoms with E-state index in [1.54, 1.807) is 0 Å². The molecule has 0 N–H and O–H groups in total. The van der Waals surface area contributed by atoms with Gasteiger partial charge in [0.2, 0.25) is 0 Å². The van der Waals surface area contributed by atoms with Gasteiger partial charge in [-0.3, -0.25) is 4.98 Å². The first-order valence-corrected chi connectivity index (χ1v) is 9.20. The van der Waals surface area contributed by atoms with Crippen molar-refractivity contribution in [3.8, 4) is 5.69 Å². The summed E-state index contributed by atoms with van der Waals surface area (Å²) in [7, 11) is 0. The molecule has 0 saturated carbocycles. The monoisotopic (exact) mass is 347 g/mol. The second-order valence-corrected chi connectivity index (χ2v) is 6.94. The van der Waals surface area contributed by atoms with Gasteiger partial charge in [0.1, 0.15) is 6.04 Å². The van der Waals surface area contributed by atoms with Gasteiger partial charge in [0.25, 0.3) is 0 Å². The van der Waals surface area contributed by atoms with Crippen molar-refractivity contribution >= 4 is 17.5 Å². The highest BCUT2D eigenvalue weighted by Gasteiger charge is 2.38. The first kappa shape index (κ1) is 14.6. The maximum absolute atomic E-state index is 4.78. The number of hydrogen-bond donors (Lipinski definition) is 0. The zero-order valence-electron chi connectivity index (χ0n) is 14.7. The molecular formula is C24H17N3. The molecule has 1 unspecified atom stereocenters. The maximum atomic E-state index is 4.78. The second-order valence-electron chi connectivity index (χ2n) is 6.94. The molecule has 2 aliphatic heterocycles. The number of para-hydroxylation sites is 2. The van der Waals surface area contributed by atoms with E-state index in [0.29, 0.717) is 0 Å². The van der Waals surface area contributed by atoms with E-state index >= 15 is 0 Å². The van der Waals surface area contributed by atoms with E-state index in [1.165, 1.54) is 33.9 Å². The molecule has 0 fully saturated rings. The molecule has 4 heterocycles. The van der Waals surface area contributed by atoms with Crippen molar-refractivity contribution < 1.29 is 0 Å². The van der Waals surface area contributed by atoms with Gasteiger partial charge in [-0.15, -0.1) is 0 Å². The number of aromatic nitrogens is 2. The fourth-order valence-electron chi connectivity index (χ4n) is 4.34. The molecule has 3 heteroatoms. The van der Waals surface area contributed by atoms with Gasteiger partial charge in [0, 0.05) is 18.0 Å². The third-order valence-electron chi connectivity index (χ3n) is 5.47. The standard InChI is InChI=1S/C24H17N3/c1-2-8-17(9-3-1)22-16-18-10-6-14-25-23(18)24-21-13-7-15-26(21)19-11-4-5-12-20(19)27(22)24/h1-16,24H. The molecule has 27 heavy (non-hydrogen) atoms. The van der Waals surface area contributed by atoms with Crippen molar-refractivity contribution in [1.29, 1.82) is 0 Å². The average molecular weight is 347 g/mol. The smallest absolute Gasteiger partial charge is 0.117 e. The lowest BCUT2D eigenvalue weighted by atomic mass is 9.91. The summed E-state index contributed by atoms with van der Waals surface area (Å²) in [6.07, 6.45) is 6.31. The van der Waals surface area contributed by atoms with Crippen LogP contribution in [0.15, 0.2) is 91.3 Å². The third kappa shape index (κ3) is 1.99. The van der Waals surface area contributed by atoms with Gasteiger partial charge in [-0.1, -0.05) is 48.5 Å². The fourth-order valence-corrected chi connectivity index (χ4v) is 4.34. The van der Waals surface area contributed by atoms with Crippen molar-refractivity contribution in [1.82, 2.24) is 9.55 Å². The molecule has 1 atom stereocenters. The topological polar surface area (TPSA) is 21.1 Å². The van der Waals surface area contributed by atoms with Crippen LogP contribution in [0.25, 0.3) is 17.5 Å². The molecule has 0 amide bonds. The molecule has 128 valence electrons. The minimum Gasteiger partial charge on any atom is -0.324 e. The average Bonchev–Trinajstić information content (AvgIpc) is 3.23. The first-order valence-electron chi connectivity index (χ1n) is 9.20. The Balaban J connectivity index is 1.71. The SMILES string of the molecule is C1=C(c2ccccc2)N2c3ccccc3-n3cccc3C2c2ncccc21. The fraction of sp³-hybridized carbons (Fsp3) is 0.0417. The summed E-state index contributed by atoms with van der Waals surface area (Å²) in [5, 5.41) is 0. The Bertz CT molecular complexity index is 1190. The Kier molecular flexibility index (Phi) is 2.94. The summed E-state index contributed by atoms with van der Waals surface area (Å²) in [6.45, 7) is 0. The zero-order chi connectivity index (χ0) is 17.8. The lowest BCUT2D eigenvalue weighted by Crippen LogP contribution is -2.36. The van der Waals surface area contributed by atoms with Crippen molar-refractivity contribution in [2.75, 3.05) is 4.90 Å². The first-order chi connectivity index (χ1) is 13.4. The molecule has 2 aromatic carbocycles. The van der Waals surface area contributed by atoms with Gasteiger partial charge < -0.3 is 9.47 Å². The molecular weight excluding hydrogens is 330 g/mol. The van der Waals surface area contributed by atoms with E-state index in [1.807, 2.05) is 12.3 Å². The minimum atomic E-state index is 0.0614. The van der Waals surface area contributed by atoms with Crippen molar-refractivity contribution in [2.24, 2.45) is 0 Å². The number of nitrogens with zero attached hydrogens (tertiary/aromatic N) is 3. The van der Waals surface area contributed by atoms with Crippen LogP contribution in [0.5, 0.6) is 0 Å². The molecule has 2 aromatic heterocycles. The second kappa shape index (κ2) is 5.45. The highest BCUT2D eigenvalue weighted by molar-refractivity contribution is 5.96. The van der Waals surface area contributed by atoms with Crippen LogP contribution in [0.3, 0.4) is 0 Å². The summed E-state index contributed by atoms with van der Waals surface area (Å²) in [5.74, 6) is 0. The zero-order valence-corrected chi connectivity index (χ0v) is 14.7. The lowest BCUT2D eigenvalue weighted by molar-refractivity contribution is 0.707. The summed E-state index contributed by atoms with van der Waals surface area (Å²) in [5.41, 5.74) is 8.37. The predicted molar refractivity (Wildman–Crippen MR) is 109 cm³/mol. The van der Waals surface area contributed by atoms with Gasteiger partial charge in [-0.05, 0) is 42.0 Å². The number of pyridine rings is 1. The van der Waals surface area contributed by atoms with Crippen LogP contribution in [0.2, 0.25) is 0 Å². The van der Waals surface area contributed by atoms with Gasteiger partial charge in [0.15, 0.2) is 0 Å². The maximum Gasteiger partial charge on any atom is 0.117 e. The van der Waals surface area contributed by atoms with Crippen LogP contribution in [-0.2, 0) is 0 Å². The van der Waals surface area contributed by atoms with Gasteiger partial charge >= 0.3 is 0 Å². The number of rotatable bonds is 1. The molecule has 6 rings (SSSR count). The molecule has 0 saturated heterocycles. The van der Waals surface area contributed by atoms with E-state index in [-0.39, 0.29) is 6.04 Å². The van der Waals surface area contributed by atoms with E-state index in [0.717, 1.165) is 5.69 Å². The van der Waals surface area contributed by atoms with Gasteiger partial charge in [-0.25, -0.2) is 0 Å². The molecule has 0 aliphatic carbocycles. The van der Waals surface area contributed by atoms with Crippen LogP contribution in [0, 0.1) is 0 Å². The Morgan fingerprint density at radius 2 is 1.56 bits per heavy atom.